The van der Waals surface area contributed by atoms with Gasteiger partial charge in [-0.1, -0.05) is 55.5 Å². The number of urea groups is 1. The predicted octanol–water partition coefficient (Wildman–Crippen LogP) is 2.96. The monoisotopic (exact) mass is 365 g/mol. The van der Waals surface area contributed by atoms with Crippen molar-refractivity contribution in [3.05, 3.63) is 65.2 Å². The van der Waals surface area contributed by atoms with Gasteiger partial charge in [-0.2, -0.15) is 0 Å². The number of nitrogens with zero attached hydrogens (tertiary/aromatic N) is 1. The van der Waals surface area contributed by atoms with Crippen molar-refractivity contribution < 1.29 is 14.4 Å². The molecule has 0 bridgehead atoms. The summed E-state index contributed by atoms with van der Waals surface area (Å²) in [5.74, 6) is -0.839. The lowest BCUT2D eigenvalue weighted by molar-refractivity contribution is -0.133. The van der Waals surface area contributed by atoms with Crippen molar-refractivity contribution >= 4 is 23.5 Å². The number of rotatable bonds is 5. The van der Waals surface area contributed by atoms with Gasteiger partial charge in [0.25, 0.3) is 5.91 Å². The second kappa shape index (κ2) is 7.23. The minimum atomic E-state index is -1.17. The molecule has 4 amide bonds. The van der Waals surface area contributed by atoms with Gasteiger partial charge in [-0.25, -0.2) is 4.79 Å². The average Bonchev–Trinajstić information content (AvgIpc) is 2.88. The molecule has 0 radical (unpaired) electrons. The highest BCUT2D eigenvalue weighted by Gasteiger charge is 2.49. The Morgan fingerprint density at radius 2 is 1.81 bits per heavy atom. The number of anilines is 1. The van der Waals surface area contributed by atoms with Gasteiger partial charge < -0.3 is 10.6 Å². The van der Waals surface area contributed by atoms with Crippen LogP contribution in [0.15, 0.2) is 48.5 Å². The van der Waals surface area contributed by atoms with Gasteiger partial charge in [-0.05, 0) is 37.0 Å². The SMILES string of the molecule is CCc1cccc(C)c1NC(=O)CN1C(=O)N[C@](C)(c2ccccc2)C1=O. The number of aryl methyl sites for hydroxylation is 2. The van der Waals surface area contributed by atoms with Crippen LogP contribution >= 0.6 is 0 Å². The summed E-state index contributed by atoms with van der Waals surface area (Å²) in [5.41, 5.74) is 2.19. The van der Waals surface area contributed by atoms with Crippen molar-refractivity contribution in [1.29, 1.82) is 0 Å². The normalized spacial score (nSPS) is 19.1. The van der Waals surface area contributed by atoms with E-state index in [1.165, 1.54) is 0 Å². The van der Waals surface area contributed by atoms with Gasteiger partial charge in [0.15, 0.2) is 0 Å². The predicted molar refractivity (Wildman–Crippen MR) is 103 cm³/mol. The second-order valence-electron chi connectivity index (χ2n) is 6.82. The van der Waals surface area contributed by atoms with E-state index in [4.69, 9.17) is 0 Å². The van der Waals surface area contributed by atoms with Crippen LogP contribution in [0.5, 0.6) is 0 Å². The van der Waals surface area contributed by atoms with Crippen molar-refractivity contribution in [2.75, 3.05) is 11.9 Å². The molecule has 6 heteroatoms. The van der Waals surface area contributed by atoms with Crippen molar-refractivity contribution in [1.82, 2.24) is 10.2 Å². The standard InChI is InChI=1S/C21H23N3O3/c1-4-15-10-8-9-14(2)18(15)22-17(25)13-24-19(26)21(3,23-20(24)27)16-11-6-5-7-12-16/h5-12H,4,13H2,1-3H3,(H,22,25)(H,23,27)/t21-/m1/s1. The Balaban J connectivity index is 1.77. The average molecular weight is 365 g/mol. The summed E-state index contributed by atoms with van der Waals surface area (Å²) >= 11 is 0. The minimum Gasteiger partial charge on any atom is -0.324 e. The van der Waals surface area contributed by atoms with Crippen LogP contribution in [0.2, 0.25) is 0 Å². The van der Waals surface area contributed by atoms with Gasteiger partial charge in [0, 0.05) is 5.69 Å². The summed E-state index contributed by atoms with van der Waals surface area (Å²) in [5, 5.41) is 5.56. The first-order valence-corrected chi connectivity index (χ1v) is 8.94. The molecule has 1 atom stereocenters. The first-order valence-electron chi connectivity index (χ1n) is 8.94. The third kappa shape index (κ3) is 3.43. The molecular weight excluding hydrogens is 342 g/mol. The molecule has 0 aromatic heterocycles. The Hall–Kier alpha value is -3.15. The van der Waals surface area contributed by atoms with E-state index >= 15 is 0 Å². The first kappa shape index (κ1) is 18.6. The Bertz CT molecular complexity index is 895. The lowest BCUT2D eigenvalue weighted by atomic mass is 9.92. The van der Waals surface area contributed by atoms with Gasteiger partial charge in [0.1, 0.15) is 12.1 Å². The maximum absolute atomic E-state index is 12.9. The van der Waals surface area contributed by atoms with E-state index in [-0.39, 0.29) is 6.54 Å². The summed E-state index contributed by atoms with van der Waals surface area (Å²) in [7, 11) is 0. The van der Waals surface area contributed by atoms with Crippen LogP contribution in [0.3, 0.4) is 0 Å². The molecule has 1 heterocycles. The number of hydrogen-bond donors (Lipinski definition) is 2. The molecule has 0 spiro atoms. The van der Waals surface area contributed by atoms with Crippen LogP contribution < -0.4 is 10.6 Å². The topological polar surface area (TPSA) is 78.5 Å². The molecule has 1 aliphatic rings. The number of hydrogen-bond acceptors (Lipinski definition) is 3. The maximum Gasteiger partial charge on any atom is 0.325 e. The number of para-hydroxylation sites is 1. The summed E-state index contributed by atoms with van der Waals surface area (Å²) in [6.07, 6.45) is 0.770. The first-order chi connectivity index (χ1) is 12.9. The van der Waals surface area contributed by atoms with E-state index in [0.29, 0.717) is 5.56 Å². The molecular formula is C21H23N3O3. The highest BCUT2D eigenvalue weighted by molar-refractivity contribution is 6.10. The molecule has 2 N–H and O–H groups in total. The van der Waals surface area contributed by atoms with Gasteiger partial charge >= 0.3 is 6.03 Å². The molecule has 6 nitrogen and oxygen atoms in total. The number of amides is 4. The van der Waals surface area contributed by atoms with Crippen LogP contribution in [0, 0.1) is 6.92 Å². The number of carbonyl (C=O) groups excluding carboxylic acids is 3. The second-order valence-corrected chi connectivity index (χ2v) is 6.82. The van der Waals surface area contributed by atoms with E-state index in [0.717, 1.165) is 28.1 Å². The molecule has 1 saturated heterocycles. The van der Waals surface area contributed by atoms with E-state index in [1.807, 2.05) is 38.1 Å². The maximum atomic E-state index is 12.9. The van der Waals surface area contributed by atoms with Crippen LogP contribution in [0.25, 0.3) is 0 Å². The van der Waals surface area contributed by atoms with Crippen molar-refractivity contribution in [2.45, 2.75) is 32.7 Å². The number of carbonyl (C=O) groups is 3. The molecule has 0 saturated carbocycles. The lowest BCUT2D eigenvalue weighted by Crippen LogP contribution is -2.42. The van der Waals surface area contributed by atoms with Gasteiger partial charge in [0.2, 0.25) is 5.91 Å². The third-order valence-corrected chi connectivity index (χ3v) is 4.93. The fourth-order valence-electron chi connectivity index (χ4n) is 3.33. The highest BCUT2D eigenvalue weighted by atomic mass is 16.2. The van der Waals surface area contributed by atoms with E-state index in [2.05, 4.69) is 10.6 Å². The zero-order valence-corrected chi connectivity index (χ0v) is 15.7. The summed E-state index contributed by atoms with van der Waals surface area (Å²) < 4.78 is 0. The number of imide groups is 1. The molecule has 1 fully saturated rings. The lowest BCUT2D eigenvalue weighted by Gasteiger charge is -2.22. The number of nitrogens with one attached hydrogen (secondary N) is 2. The molecule has 3 rings (SSSR count). The highest BCUT2D eigenvalue weighted by Crippen LogP contribution is 2.28. The van der Waals surface area contributed by atoms with E-state index in [9.17, 15) is 14.4 Å². The Morgan fingerprint density at radius 1 is 1.11 bits per heavy atom. The number of benzene rings is 2. The molecule has 140 valence electrons. The summed E-state index contributed by atoms with van der Waals surface area (Å²) in [6.45, 7) is 5.24. The van der Waals surface area contributed by atoms with Crippen LogP contribution in [0.1, 0.15) is 30.5 Å². The molecule has 2 aromatic carbocycles. The van der Waals surface area contributed by atoms with Crippen molar-refractivity contribution in [2.24, 2.45) is 0 Å². The fourth-order valence-corrected chi connectivity index (χ4v) is 3.33. The summed E-state index contributed by atoms with van der Waals surface area (Å²) in [4.78, 5) is 38.8. The van der Waals surface area contributed by atoms with Crippen LogP contribution in [0.4, 0.5) is 10.5 Å². The molecule has 2 aromatic rings. The van der Waals surface area contributed by atoms with Gasteiger partial charge in [0.05, 0.1) is 0 Å². The quantitative estimate of drug-likeness (QED) is 0.800. The zero-order valence-electron chi connectivity index (χ0n) is 15.7. The molecule has 0 unspecified atom stereocenters. The Morgan fingerprint density at radius 3 is 2.48 bits per heavy atom. The largest absolute Gasteiger partial charge is 0.325 e. The molecule has 27 heavy (non-hydrogen) atoms. The van der Waals surface area contributed by atoms with E-state index in [1.54, 1.807) is 31.2 Å². The minimum absolute atomic E-state index is 0.329. The van der Waals surface area contributed by atoms with Crippen molar-refractivity contribution in [3.63, 3.8) is 0 Å². The van der Waals surface area contributed by atoms with Crippen LogP contribution in [-0.2, 0) is 21.5 Å². The van der Waals surface area contributed by atoms with E-state index < -0.39 is 23.4 Å². The summed E-state index contributed by atoms with van der Waals surface area (Å²) in [6, 6.07) is 14.2. The Kier molecular flexibility index (Phi) is 4.99. The third-order valence-electron chi connectivity index (χ3n) is 4.93. The molecule has 0 aliphatic carbocycles. The fraction of sp³-hybridized carbons (Fsp3) is 0.286. The van der Waals surface area contributed by atoms with Gasteiger partial charge in [-0.15, -0.1) is 0 Å². The smallest absolute Gasteiger partial charge is 0.324 e. The Labute approximate surface area is 158 Å². The van der Waals surface area contributed by atoms with Crippen molar-refractivity contribution in [3.8, 4) is 0 Å². The van der Waals surface area contributed by atoms with Crippen LogP contribution in [-0.4, -0.2) is 29.3 Å². The molecule has 1 aliphatic heterocycles. The zero-order chi connectivity index (χ0) is 19.6. The van der Waals surface area contributed by atoms with Gasteiger partial charge in [-0.3, -0.25) is 14.5 Å².